The van der Waals surface area contributed by atoms with Crippen molar-refractivity contribution >= 4 is 11.8 Å². The van der Waals surface area contributed by atoms with E-state index in [2.05, 4.69) is 0 Å². The van der Waals surface area contributed by atoms with Gasteiger partial charge in [-0.05, 0) is 37.1 Å². The predicted molar refractivity (Wildman–Crippen MR) is 93.0 cm³/mol. The minimum absolute atomic E-state index is 0.0193. The molecular formula is C20H21FN2O2. The van der Waals surface area contributed by atoms with E-state index in [1.165, 1.54) is 17.0 Å². The average molecular weight is 340 g/mol. The molecule has 4 nitrogen and oxygen atoms in total. The lowest BCUT2D eigenvalue weighted by molar-refractivity contribution is -0.156. The molecule has 5 heteroatoms. The second-order valence-corrected chi connectivity index (χ2v) is 6.51. The number of nitrogens with zero attached hydrogens (tertiary/aromatic N) is 2. The number of aryl methyl sites for hydroxylation is 1. The van der Waals surface area contributed by atoms with Gasteiger partial charge in [-0.2, -0.15) is 0 Å². The van der Waals surface area contributed by atoms with Crippen molar-refractivity contribution in [1.82, 2.24) is 9.80 Å². The van der Waals surface area contributed by atoms with Crippen LogP contribution in [0.3, 0.4) is 0 Å². The molecule has 2 aromatic carbocycles. The van der Waals surface area contributed by atoms with Crippen LogP contribution in [0, 0.1) is 12.7 Å². The predicted octanol–water partition coefficient (Wildman–Crippen LogP) is 2.89. The van der Waals surface area contributed by atoms with Crippen molar-refractivity contribution in [3.63, 3.8) is 0 Å². The second kappa shape index (κ2) is 7.05. The third-order valence-electron chi connectivity index (χ3n) is 4.48. The maximum atomic E-state index is 13.3. The van der Waals surface area contributed by atoms with Crippen molar-refractivity contribution in [2.75, 3.05) is 6.54 Å². The molecule has 1 atom stereocenters. The normalized spacial score (nSPS) is 18.0. The Balaban J connectivity index is 1.73. The molecule has 0 saturated carbocycles. The van der Waals surface area contributed by atoms with Crippen LogP contribution in [0.5, 0.6) is 0 Å². The zero-order valence-corrected chi connectivity index (χ0v) is 14.4. The fraction of sp³-hybridized carbons (Fsp3) is 0.300. The number of carbonyl (C=O) groups excluding carboxylic acids is 2. The van der Waals surface area contributed by atoms with Crippen LogP contribution in [0.25, 0.3) is 0 Å². The van der Waals surface area contributed by atoms with Gasteiger partial charge >= 0.3 is 0 Å². The SMILES string of the molecule is Cc1cccc(CN2C(=O)CN(Cc3cccc(F)c3)C(=O)[C@@H]2C)c1. The quantitative estimate of drug-likeness (QED) is 0.859. The van der Waals surface area contributed by atoms with Crippen LogP contribution in [0.2, 0.25) is 0 Å². The summed E-state index contributed by atoms with van der Waals surface area (Å²) in [5, 5.41) is 0. The molecule has 1 aliphatic rings. The lowest BCUT2D eigenvalue weighted by atomic mass is 10.1. The van der Waals surface area contributed by atoms with Gasteiger partial charge in [0.2, 0.25) is 11.8 Å². The number of benzene rings is 2. The Morgan fingerprint density at radius 2 is 1.72 bits per heavy atom. The van der Waals surface area contributed by atoms with Crippen LogP contribution < -0.4 is 0 Å². The van der Waals surface area contributed by atoms with E-state index in [0.717, 1.165) is 11.1 Å². The highest BCUT2D eigenvalue weighted by atomic mass is 19.1. The van der Waals surface area contributed by atoms with E-state index in [1.807, 2.05) is 31.2 Å². The van der Waals surface area contributed by atoms with Gasteiger partial charge in [0.05, 0.1) is 0 Å². The Bertz CT molecular complexity index is 806. The standard InChI is InChI=1S/C20H21FN2O2/c1-14-5-3-6-16(9-14)12-23-15(2)20(25)22(13-19(23)24)11-17-7-4-8-18(21)10-17/h3-10,15H,11-13H2,1-2H3/t15-/m0/s1. The Morgan fingerprint density at radius 1 is 1.04 bits per heavy atom. The summed E-state index contributed by atoms with van der Waals surface area (Å²) >= 11 is 0. The molecule has 0 aliphatic carbocycles. The summed E-state index contributed by atoms with van der Waals surface area (Å²) in [7, 11) is 0. The van der Waals surface area contributed by atoms with Gasteiger partial charge in [0.15, 0.2) is 0 Å². The number of halogens is 1. The van der Waals surface area contributed by atoms with Crippen LogP contribution in [0.4, 0.5) is 4.39 Å². The maximum Gasteiger partial charge on any atom is 0.245 e. The van der Waals surface area contributed by atoms with Crippen LogP contribution >= 0.6 is 0 Å². The summed E-state index contributed by atoms with van der Waals surface area (Å²) in [5.74, 6) is -0.552. The van der Waals surface area contributed by atoms with Crippen LogP contribution in [-0.2, 0) is 22.7 Å². The first-order valence-corrected chi connectivity index (χ1v) is 8.32. The Hall–Kier alpha value is -2.69. The topological polar surface area (TPSA) is 40.6 Å². The molecule has 0 unspecified atom stereocenters. The summed E-state index contributed by atoms with van der Waals surface area (Å²) in [5.41, 5.74) is 2.81. The first-order chi connectivity index (χ1) is 11.9. The first-order valence-electron chi connectivity index (χ1n) is 8.32. The molecule has 0 radical (unpaired) electrons. The van der Waals surface area contributed by atoms with E-state index in [0.29, 0.717) is 12.1 Å². The Kier molecular flexibility index (Phi) is 4.83. The summed E-state index contributed by atoms with van der Waals surface area (Å²) in [6, 6.07) is 13.5. The fourth-order valence-corrected chi connectivity index (χ4v) is 3.17. The molecule has 130 valence electrons. The van der Waals surface area contributed by atoms with Crippen molar-refractivity contribution in [3.8, 4) is 0 Å². The number of carbonyl (C=O) groups is 2. The highest BCUT2D eigenvalue weighted by molar-refractivity contribution is 5.94. The van der Waals surface area contributed by atoms with Crippen LogP contribution in [0.15, 0.2) is 48.5 Å². The zero-order valence-electron chi connectivity index (χ0n) is 14.4. The van der Waals surface area contributed by atoms with Crippen LogP contribution in [0.1, 0.15) is 23.6 Å². The smallest absolute Gasteiger partial charge is 0.245 e. The lowest BCUT2D eigenvalue weighted by Crippen LogP contribution is -2.58. The average Bonchev–Trinajstić information content (AvgIpc) is 2.56. The van der Waals surface area contributed by atoms with Gasteiger partial charge in [0, 0.05) is 13.1 Å². The third kappa shape index (κ3) is 3.87. The minimum Gasteiger partial charge on any atom is -0.327 e. The molecule has 3 rings (SSSR count). The largest absolute Gasteiger partial charge is 0.327 e. The van der Waals surface area contributed by atoms with E-state index >= 15 is 0 Å². The number of rotatable bonds is 4. The molecule has 1 aliphatic heterocycles. The summed E-state index contributed by atoms with van der Waals surface area (Å²) in [6.45, 7) is 4.42. The Labute approximate surface area is 146 Å². The molecule has 0 bridgehead atoms. The molecule has 0 spiro atoms. The molecule has 1 fully saturated rings. The summed E-state index contributed by atoms with van der Waals surface area (Å²) in [6.07, 6.45) is 0. The van der Waals surface area contributed by atoms with E-state index in [-0.39, 0.29) is 30.7 Å². The zero-order chi connectivity index (χ0) is 18.0. The van der Waals surface area contributed by atoms with E-state index in [4.69, 9.17) is 0 Å². The molecule has 2 aromatic rings. The van der Waals surface area contributed by atoms with Gasteiger partial charge in [0.1, 0.15) is 18.4 Å². The summed E-state index contributed by atoms with van der Waals surface area (Å²) < 4.78 is 13.3. The van der Waals surface area contributed by atoms with Crippen molar-refractivity contribution in [2.24, 2.45) is 0 Å². The number of hydrogen-bond donors (Lipinski definition) is 0. The van der Waals surface area contributed by atoms with Crippen molar-refractivity contribution in [1.29, 1.82) is 0 Å². The second-order valence-electron chi connectivity index (χ2n) is 6.51. The van der Waals surface area contributed by atoms with Gasteiger partial charge in [-0.15, -0.1) is 0 Å². The van der Waals surface area contributed by atoms with Crippen molar-refractivity contribution in [2.45, 2.75) is 33.0 Å². The van der Waals surface area contributed by atoms with Gasteiger partial charge < -0.3 is 9.80 Å². The van der Waals surface area contributed by atoms with E-state index < -0.39 is 6.04 Å². The number of piperazine rings is 1. The molecule has 0 aromatic heterocycles. The molecule has 1 saturated heterocycles. The minimum atomic E-state index is -0.532. The third-order valence-corrected chi connectivity index (χ3v) is 4.48. The van der Waals surface area contributed by atoms with Gasteiger partial charge in [-0.1, -0.05) is 42.0 Å². The highest BCUT2D eigenvalue weighted by Gasteiger charge is 2.36. The molecule has 25 heavy (non-hydrogen) atoms. The lowest BCUT2D eigenvalue weighted by Gasteiger charge is -2.39. The van der Waals surface area contributed by atoms with Gasteiger partial charge in [-0.3, -0.25) is 9.59 Å². The maximum absolute atomic E-state index is 13.3. The molecule has 2 amide bonds. The molecule has 0 N–H and O–H groups in total. The molecule has 1 heterocycles. The van der Waals surface area contributed by atoms with E-state index in [9.17, 15) is 14.0 Å². The number of hydrogen-bond acceptors (Lipinski definition) is 2. The van der Waals surface area contributed by atoms with Gasteiger partial charge in [-0.25, -0.2) is 4.39 Å². The molecular weight excluding hydrogens is 319 g/mol. The fourth-order valence-electron chi connectivity index (χ4n) is 3.17. The number of amides is 2. The summed E-state index contributed by atoms with van der Waals surface area (Å²) in [4.78, 5) is 28.3. The van der Waals surface area contributed by atoms with Gasteiger partial charge in [0.25, 0.3) is 0 Å². The van der Waals surface area contributed by atoms with Crippen molar-refractivity contribution < 1.29 is 14.0 Å². The monoisotopic (exact) mass is 340 g/mol. The van der Waals surface area contributed by atoms with E-state index in [1.54, 1.807) is 24.0 Å². The Morgan fingerprint density at radius 3 is 2.40 bits per heavy atom. The van der Waals surface area contributed by atoms with Crippen molar-refractivity contribution in [3.05, 3.63) is 71.0 Å². The highest BCUT2D eigenvalue weighted by Crippen LogP contribution is 2.19. The first kappa shape index (κ1) is 17.1. The van der Waals surface area contributed by atoms with Crippen LogP contribution in [-0.4, -0.2) is 34.2 Å².